The van der Waals surface area contributed by atoms with Crippen LogP contribution in [0.4, 0.5) is 4.79 Å². The van der Waals surface area contributed by atoms with E-state index in [4.69, 9.17) is 9.84 Å². The lowest BCUT2D eigenvalue weighted by atomic mass is 9.97. The number of piperidine rings is 2. The number of amides is 2. The Balaban J connectivity index is 1.84. The molecule has 2 aliphatic rings. The molecular weight excluding hydrogens is 260 g/mol. The van der Waals surface area contributed by atoms with Gasteiger partial charge in [0.2, 0.25) is 0 Å². The molecule has 1 atom stereocenters. The van der Waals surface area contributed by atoms with Crippen LogP contribution in [0.2, 0.25) is 0 Å². The number of aliphatic carboxylic acids is 1. The van der Waals surface area contributed by atoms with E-state index < -0.39 is 5.97 Å². The van der Waals surface area contributed by atoms with Crippen molar-refractivity contribution >= 4 is 12.0 Å². The molecule has 0 bridgehead atoms. The Kier molecular flexibility index (Phi) is 5.23. The van der Waals surface area contributed by atoms with E-state index in [1.165, 1.54) is 0 Å². The topological polar surface area (TPSA) is 70.1 Å². The van der Waals surface area contributed by atoms with Gasteiger partial charge in [0.15, 0.2) is 0 Å². The second-order valence-electron chi connectivity index (χ2n) is 5.55. The van der Waals surface area contributed by atoms with Crippen molar-refractivity contribution in [1.82, 2.24) is 9.80 Å². The first-order chi connectivity index (χ1) is 9.61. The summed E-state index contributed by atoms with van der Waals surface area (Å²) in [7, 11) is 0. The van der Waals surface area contributed by atoms with E-state index in [1.807, 2.05) is 11.8 Å². The van der Waals surface area contributed by atoms with Gasteiger partial charge in [-0.15, -0.1) is 0 Å². The van der Waals surface area contributed by atoms with Gasteiger partial charge in [-0.1, -0.05) is 0 Å². The van der Waals surface area contributed by atoms with Crippen molar-refractivity contribution < 1.29 is 19.4 Å². The molecule has 0 radical (unpaired) electrons. The molecule has 2 rings (SSSR count). The van der Waals surface area contributed by atoms with E-state index in [9.17, 15) is 9.59 Å². The number of carboxylic acid groups (broad SMARTS) is 1. The number of hydrogen-bond acceptors (Lipinski definition) is 3. The van der Waals surface area contributed by atoms with Crippen molar-refractivity contribution in [2.45, 2.75) is 38.7 Å². The average Bonchev–Trinajstić information content (AvgIpc) is 2.47. The summed E-state index contributed by atoms with van der Waals surface area (Å²) in [6.45, 7) is 5.18. The van der Waals surface area contributed by atoms with Gasteiger partial charge in [0.05, 0.1) is 12.0 Å². The van der Waals surface area contributed by atoms with Crippen LogP contribution >= 0.6 is 0 Å². The van der Waals surface area contributed by atoms with Crippen molar-refractivity contribution in [1.29, 1.82) is 0 Å². The quantitative estimate of drug-likeness (QED) is 0.850. The van der Waals surface area contributed by atoms with Crippen LogP contribution in [0.25, 0.3) is 0 Å². The number of urea groups is 1. The summed E-state index contributed by atoms with van der Waals surface area (Å²) in [4.78, 5) is 27.0. The molecule has 0 aromatic heterocycles. The van der Waals surface area contributed by atoms with Crippen LogP contribution in [0.15, 0.2) is 0 Å². The number of carbonyl (C=O) groups is 2. The highest BCUT2D eigenvalue weighted by molar-refractivity contribution is 5.75. The first-order valence-electron chi connectivity index (χ1n) is 7.50. The lowest BCUT2D eigenvalue weighted by molar-refractivity contribution is -0.143. The minimum Gasteiger partial charge on any atom is -0.481 e. The second-order valence-corrected chi connectivity index (χ2v) is 5.55. The monoisotopic (exact) mass is 284 g/mol. The van der Waals surface area contributed by atoms with E-state index in [1.54, 1.807) is 4.90 Å². The molecule has 1 unspecified atom stereocenters. The Hall–Kier alpha value is -1.30. The highest BCUT2D eigenvalue weighted by Gasteiger charge is 2.31. The lowest BCUT2D eigenvalue weighted by Crippen LogP contribution is -2.51. The highest BCUT2D eigenvalue weighted by Crippen LogP contribution is 2.20. The zero-order valence-corrected chi connectivity index (χ0v) is 12.1. The van der Waals surface area contributed by atoms with Crippen LogP contribution in [-0.4, -0.2) is 65.8 Å². The first-order valence-corrected chi connectivity index (χ1v) is 7.50. The molecule has 0 aromatic carbocycles. The molecule has 2 aliphatic heterocycles. The SMILES string of the molecule is CCOC1CCCN(C(=O)N2CCC(C(=O)O)CC2)C1. The smallest absolute Gasteiger partial charge is 0.320 e. The van der Waals surface area contributed by atoms with Gasteiger partial charge in [-0.25, -0.2) is 4.79 Å². The Morgan fingerprint density at radius 2 is 1.85 bits per heavy atom. The van der Waals surface area contributed by atoms with Gasteiger partial charge in [-0.2, -0.15) is 0 Å². The fourth-order valence-electron chi connectivity index (χ4n) is 3.00. The number of nitrogens with zero attached hydrogens (tertiary/aromatic N) is 2. The molecule has 20 heavy (non-hydrogen) atoms. The molecule has 114 valence electrons. The molecule has 0 saturated carbocycles. The molecule has 6 nitrogen and oxygen atoms in total. The van der Waals surface area contributed by atoms with Crippen molar-refractivity contribution in [2.75, 3.05) is 32.8 Å². The van der Waals surface area contributed by atoms with Crippen LogP contribution in [-0.2, 0) is 9.53 Å². The summed E-state index contributed by atoms with van der Waals surface area (Å²) in [5.74, 6) is -1.04. The molecular formula is C14H24N2O4. The van der Waals surface area contributed by atoms with Gasteiger partial charge in [0.1, 0.15) is 0 Å². The van der Waals surface area contributed by atoms with E-state index in [0.717, 1.165) is 19.4 Å². The molecule has 2 heterocycles. The Labute approximate surface area is 119 Å². The minimum atomic E-state index is -0.744. The molecule has 0 aromatic rings. The maximum absolute atomic E-state index is 12.4. The van der Waals surface area contributed by atoms with Crippen LogP contribution < -0.4 is 0 Å². The largest absolute Gasteiger partial charge is 0.481 e. The van der Waals surface area contributed by atoms with E-state index in [0.29, 0.717) is 39.1 Å². The number of ether oxygens (including phenoxy) is 1. The molecule has 2 saturated heterocycles. The fraction of sp³-hybridized carbons (Fsp3) is 0.857. The van der Waals surface area contributed by atoms with Gasteiger partial charge >= 0.3 is 12.0 Å². The summed E-state index contributed by atoms with van der Waals surface area (Å²) in [5, 5.41) is 8.98. The van der Waals surface area contributed by atoms with Crippen molar-refractivity contribution in [3.8, 4) is 0 Å². The predicted molar refractivity (Wildman–Crippen MR) is 73.5 cm³/mol. The van der Waals surface area contributed by atoms with Crippen molar-refractivity contribution in [2.24, 2.45) is 5.92 Å². The van der Waals surface area contributed by atoms with Gasteiger partial charge in [0.25, 0.3) is 0 Å². The summed E-state index contributed by atoms with van der Waals surface area (Å²) in [5.41, 5.74) is 0. The Morgan fingerprint density at radius 1 is 1.15 bits per heavy atom. The fourth-order valence-corrected chi connectivity index (χ4v) is 3.00. The third-order valence-electron chi connectivity index (χ3n) is 4.17. The number of carboxylic acids is 1. The summed E-state index contributed by atoms with van der Waals surface area (Å²) < 4.78 is 5.61. The molecule has 6 heteroatoms. The predicted octanol–water partition coefficient (Wildman–Crippen LogP) is 1.40. The summed E-state index contributed by atoms with van der Waals surface area (Å²) in [6, 6.07) is 0.0400. The van der Waals surface area contributed by atoms with Crippen LogP contribution in [0.1, 0.15) is 32.6 Å². The normalized spacial score (nSPS) is 24.8. The van der Waals surface area contributed by atoms with Crippen LogP contribution in [0.5, 0.6) is 0 Å². The lowest BCUT2D eigenvalue weighted by Gasteiger charge is -2.38. The average molecular weight is 284 g/mol. The van der Waals surface area contributed by atoms with Gasteiger partial charge in [0, 0.05) is 32.8 Å². The van der Waals surface area contributed by atoms with E-state index >= 15 is 0 Å². The zero-order valence-electron chi connectivity index (χ0n) is 12.1. The van der Waals surface area contributed by atoms with Crippen molar-refractivity contribution in [3.05, 3.63) is 0 Å². The summed E-state index contributed by atoms with van der Waals surface area (Å²) >= 11 is 0. The van der Waals surface area contributed by atoms with E-state index in [-0.39, 0.29) is 18.1 Å². The Bertz CT molecular complexity index is 351. The van der Waals surface area contributed by atoms with E-state index in [2.05, 4.69) is 0 Å². The number of likely N-dealkylation sites (tertiary alicyclic amines) is 2. The molecule has 2 fully saturated rings. The number of rotatable bonds is 3. The van der Waals surface area contributed by atoms with Crippen molar-refractivity contribution in [3.63, 3.8) is 0 Å². The molecule has 2 amide bonds. The Morgan fingerprint density at radius 3 is 2.45 bits per heavy atom. The second kappa shape index (κ2) is 6.92. The maximum atomic E-state index is 12.4. The zero-order chi connectivity index (χ0) is 14.5. The molecule has 0 aliphatic carbocycles. The minimum absolute atomic E-state index is 0.0400. The third-order valence-corrected chi connectivity index (χ3v) is 4.17. The molecule has 0 spiro atoms. The van der Waals surface area contributed by atoms with Crippen LogP contribution in [0, 0.1) is 5.92 Å². The number of hydrogen-bond donors (Lipinski definition) is 1. The number of carbonyl (C=O) groups excluding carboxylic acids is 1. The van der Waals surface area contributed by atoms with Gasteiger partial charge in [-0.05, 0) is 32.6 Å². The standard InChI is InChI=1S/C14H24N2O4/c1-2-20-12-4-3-7-16(10-12)14(19)15-8-5-11(6-9-15)13(17)18/h11-12H,2-10H2,1H3,(H,17,18). The highest BCUT2D eigenvalue weighted by atomic mass is 16.5. The molecule has 1 N–H and O–H groups in total. The van der Waals surface area contributed by atoms with Gasteiger partial charge < -0.3 is 19.6 Å². The van der Waals surface area contributed by atoms with Gasteiger partial charge in [-0.3, -0.25) is 4.79 Å². The maximum Gasteiger partial charge on any atom is 0.320 e. The summed E-state index contributed by atoms with van der Waals surface area (Å²) in [6.07, 6.45) is 3.25. The third kappa shape index (κ3) is 3.62. The van der Waals surface area contributed by atoms with Crippen LogP contribution in [0.3, 0.4) is 0 Å². The first kappa shape index (κ1) is 15.1.